The number of likely N-dealkylation sites (N-methyl/N-ethyl adjacent to an activating group) is 1. The topological polar surface area (TPSA) is 86.8 Å². The van der Waals surface area contributed by atoms with Crippen molar-refractivity contribution < 1.29 is 18.0 Å². The second-order valence-electron chi connectivity index (χ2n) is 8.22. The van der Waals surface area contributed by atoms with Crippen LogP contribution in [-0.4, -0.2) is 44.8 Å². The second kappa shape index (κ2) is 11.8. The van der Waals surface area contributed by atoms with Gasteiger partial charge in [0, 0.05) is 18.6 Å². The zero-order valence-electron chi connectivity index (χ0n) is 20.1. The summed E-state index contributed by atoms with van der Waals surface area (Å²) in [4.78, 5) is 27.6. The first kappa shape index (κ1) is 27.5. The quantitative estimate of drug-likeness (QED) is 0.422. The summed E-state index contributed by atoms with van der Waals surface area (Å²) in [7, 11) is -2.71. The molecule has 0 aromatic heterocycles. The van der Waals surface area contributed by atoms with Gasteiger partial charge in [-0.05, 0) is 49.7 Å². The largest absolute Gasteiger partial charge is 0.357 e. The molecular weight excluding hydrogens is 521 g/mol. The van der Waals surface area contributed by atoms with Gasteiger partial charge in [0.1, 0.15) is 12.6 Å². The average Bonchev–Trinajstić information content (AvgIpc) is 2.85. The third kappa shape index (κ3) is 6.37. The maximum absolute atomic E-state index is 13.7. The minimum atomic E-state index is -4.19. The lowest BCUT2D eigenvalue weighted by atomic mass is 10.1. The van der Waals surface area contributed by atoms with E-state index >= 15 is 0 Å². The summed E-state index contributed by atoms with van der Waals surface area (Å²) in [5.74, 6) is -0.948. The standard InChI is InChI=1S/C26H27Cl2N3O4S/c1-18-8-7-9-20(14-18)16-30(19(2)26(33)29-3)25(32)17-31(24-13-12-21(27)15-23(24)28)36(34,35)22-10-5-4-6-11-22/h4-15,19H,16-17H2,1-3H3,(H,29,33)/t19-/m1/s1. The fourth-order valence-electron chi connectivity index (χ4n) is 3.72. The highest BCUT2D eigenvalue weighted by Gasteiger charge is 2.33. The Morgan fingerprint density at radius 1 is 0.972 bits per heavy atom. The van der Waals surface area contributed by atoms with Crippen LogP contribution in [0.25, 0.3) is 0 Å². The van der Waals surface area contributed by atoms with E-state index in [1.54, 1.807) is 25.1 Å². The number of aryl methyl sites for hydroxylation is 1. The van der Waals surface area contributed by atoms with Crippen LogP contribution in [-0.2, 0) is 26.2 Å². The zero-order chi connectivity index (χ0) is 26.5. The molecule has 3 aromatic rings. The van der Waals surface area contributed by atoms with Crippen molar-refractivity contribution in [3.05, 3.63) is 94.0 Å². The number of sulfonamides is 1. The number of halogens is 2. The Bertz CT molecular complexity index is 1350. The molecule has 190 valence electrons. The van der Waals surface area contributed by atoms with Gasteiger partial charge in [-0.3, -0.25) is 13.9 Å². The third-order valence-corrected chi connectivity index (χ3v) is 7.95. The molecule has 0 fully saturated rings. The molecule has 7 nitrogen and oxygen atoms in total. The molecule has 0 aliphatic heterocycles. The van der Waals surface area contributed by atoms with Crippen LogP contribution < -0.4 is 9.62 Å². The van der Waals surface area contributed by atoms with Gasteiger partial charge in [0.15, 0.2) is 0 Å². The van der Waals surface area contributed by atoms with Gasteiger partial charge in [-0.25, -0.2) is 8.42 Å². The first-order valence-electron chi connectivity index (χ1n) is 11.1. The van der Waals surface area contributed by atoms with Crippen molar-refractivity contribution in [2.24, 2.45) is 0 Å². The highest BCUT2D eigenvalue weighted by molar-refractivity contribution is 7.92. The molecule has 0 bridgehead atoms. The van der Waals surface area contributed by atoms with Gasteiger partial charge in [0.25, 0.3) is 10.0 Å². The van der Waals surface area contributed by atoms with Crippen LogP contribution in [0.5, 0.6) is 0 Å². The molecule has 3 aromatic carbocycles. The van der Waals surface area contributed by atoms with Crippen molar-refractivity contribution in [1.29, 1.82) is 0 Å². The predicted octanol–water partition coefficient (Wildman–Crippen LogP) is 4.66. The third-order valence-electron chi connectivity index (χ3n) is 5.64. The van der Waals surface area contributed by atoms with Crippen molar-refractivity contribution in [2.45, 2.75) is 31.3 Å². The number of nitrogens with one attached hydrogen (secondary N) is 1. The summed E-state index contributed by atoms with van der Waals surface area (Å²) in [6, 6.07) is 18.8. The fourth-order valence-corrected chi connectivity index (χ4v) is 5.73. The molecular formula is C26H27Cl2N3O4S. The summed E-state index contributed by atoms with van der Waals surface area (Å²) in [5, 5.41) is 2.94. The van der Waals surface area contributed by atoms with Crippen molar-refractivity contribution in [3.63, 3.8) is 0 Å². The van der Waals surface area contributed by atoms with Crippen LogP contribution in [0.1, 0.15) is 18.1 Å². The Hall–Kier alpha value is -3.07. The molecule has 1 N–H and O–H groups in total. The number of nitrogens with zero attached hydrogens (tertiary/aromatic N) is 2. The Labute approximate surface area is 221 Å². The lowest BCUT2D eigenvalue weighted by Crippen LogP contribution is -2.50. The van der Waals surface area contributed by atoms with E-state index in [1.165, 1.54) is 42.3 Å². The number of benzene rings is 3. The van der Waals surface area contributed by atoms with E-state index < -0.39 is 28.5 Å². The van der Waals surface area contributed by atoms with Crippen LogP contribution in [0.15, 0.2) is 77.7 Å². The van der Waals surface area contributed by atoms with E-state index in [0.717, 1.165) is 15.4 Å². The first-order valence-corrected chi connectivity index (χ1v) is 13.3. The molecule has 0 heterocycles. The van der Waals surface area contributed by atoms with Crippen LogP contribution in [0.4, 0.5) is 5.69 Å². The summed E-state index contributed by atoms with van der Waals surface area (Å²) in [5.41, 5.74) is 1.90. The Kier molecular flexibility index (Phi) is 9.00. The Morgan fingerprint density at radius 3 is 2.28 bits per heavy atom. The summed E-state index contributed by atoms with van der Waals surface area (Å²) in [6.45, 7) is 3.06. The van der Waals surface area contributed by atoms with E-state index in [2.05, 4.69) is 5.32 Å². The monoisotopic (exact) mass is 547 g/mol. The molecule has 0 saturated carbocycles. The minimum absolute atomic E-state index is 0.00611. The minimum Gasteiger partial charge on any atom is -0.357 e. The molecule has 0 aliphatic rings. The van der Waals surface area contributed by atoms with Crippen molar-refractivity contribution in [3.8, 4) is 0 Å². The lowest BCUT2D eigenvalue weighted by molar-refractivity contribution is -0.139. The molecule has 0 radical (unpaired) electrons. The lowest BCUT2D eigenvalue weighted by Gasteiger charge is -2.32. The van der Waals surface area contributed by atoms with Gasteiger partial charge in [-0.1, -0.05) is 71.2 Å². The number of hydrogen-bond donors (Lipinski definition) is 1. The molecule has 2 amide bonds. The number of anilines is 1. The Morgan fingerprint density at radius 2 is 1.67 bits per heavy atom. The van der Waals surface area contributed by atoms with Crippen molar-refractivity contribution in [1.82, 2.24) is 10.2 Å². The van der Waals surface area contributed by atoms with E-state index in [9.17, 15) is 18.0 Å². The molecule has 3 rings (SSSR count). The second-order valence-corrected chi connectivity index (χ2v) is 10.9. The SMILES string of the molecule is CNC(=O)[C@@H](C)N(Cc1cccc(C)c1)C(=O)CN(c1ccc(Cl)cc1Cl)S(=O)(=O)c1ccccc1. The number of carbonyl (C=O) groups is 2. The van der Waals surface area contributed by atoms with E-state index in [-0.39, 0.29) is 28.1 Å². The van der Waals surface area contributed by atoms with Crippen molar-refractivity contribution >= 4 is 50.7 Å². The van der Waals surface area contributed by atoms with Gasteiger partial charge in [-0.2, -0.15) is 0 Å². The Balaban J connectivity index is 2.06. The molecule has 0 aliphatic carbocycles. The normalized spacial score (nSPS) is 12.0. The zero-order valence-corrected chi connectivity index (χ0v) is 22.4. The maximum atomic E-state index is 13.7. The van der Waals surface area contributed by atoms with Gasteiger partial charge in [0.2, 0.25) is 11.8 Å². The highest BCUT2D eigenvalue weighted by Crippen LogP contribution is 2.33. The predicted molar refractivity (Wildman–Crippen MR) is 143 cm³/mol. The van der Waals surface area contributed by atoms with E-state index in [0.29, 0.717) is 5.02 Å². The van der Waals surface area contributed by atoms with Gasteiger partial charge in [-0.15, -0.1) is 0 Å². The van der Waals surface area contributed by atoms with Gasteiger partial charge in [0.05, 0.1) is 15.6 Å². The van der Waals surface area contributed by atoms with Crippen LogP contribution in [0, 0.1) is 6.92 Å². The fraction of sp³-hybridized carbons (Fsp3) is 0.231. The van der Waals surface area contributed by atoms with E-state index in [4.69, 9.17) is 23.2 Å². The molecule has 0 saturated heterocycles. The number of rotatable bonds is 9. The number of amides is 2. The smallest absolute Gasteiger partial charge is 0.264 e. The summed E-state index contributed by atoms with van der Waals surface area (Å²) >= 11 is 12.4. The average molecular weight is 548 g/mol. The van der Waals surface area contributed by atoms with Crippen LogP contribution >= 0.6 is 23.2 Å². The molecule has 36 heavy (non-hydrogen) atoms. The van der Waals surface area contributed by atoms with E-state index in [1.807, 2.05) is 31.2 Å². The summed E-state index contributed by atoms with van der Waals surface area (Å²) < 4.78 is 28.3. The van der Waals surface area contributed by atoms with Gasteiger partial charge >= 0.3 is 0 Å². The first-order chi connectivity index (χ1) is 17.0. The summed E-state index contributed by atoms with van der Waals surface area (Å²) in [6.07, 6.45) is 0. The van der Waals surface area contributed by atoms with Gasteiger partial charge < -0.3 is 10.2 Å². The maximum Gasteiger partial charge on any atom is 0.264 e. The van der Waals surface area contributed by atoms with Crippen LogP contribution in [0.3, 0.4) is 0 Å². The molecule has 0 unspecified atom stereocenters. The highest BCUT2D eigenvalue weighted by atomic mass is 35.5. The molecule has 10 heteroatoms. The molecule has 0 spiro atoms. The number of carbonyl (C=O) groups excluding carboxylic acids is 2. The van der Waals surface area contributed by atoms with Crippen molar-refractivity contribution in [2.75, 3.05) is 17.9 Å². The number of hydrogen-bond acceptors (Lipinski definition) is 4. The van der Waals surface area contributed by atoms with Crippen LogP contribution in [0.2, 0.25) is 10.0 Å². The molecule has 1 atom stereocenters.